The second kappa shape index (κ2) is 7.94. The quantitative estimate of drug-likeness (QED) is 0.440. The van der Waals surface area contributed by atoms with Crippen molar-refractivity contribution in [2.45, 2.75) is 11.8 Å². The first-order valence-corrected chi connectivity index (χ1v) is 7.83. The fourth-order valence-electron chi connectivity index (χ4n) is 1.21. The van der Waals surface area contributed by atoms with E-state index in [1.807, 2.05) is 6.92 Å². The lowest BCUT2D eigenvalue weighted by molar-refractivity contribution is 0.387. The summed E-state index contributed by atoms with van der Waals surface area (Å²) < 4.78 is 38.2. The largest absolute Gasteiger partial charge is 0.327 e. The van der Waals surface area contributed by atoms with Gasteiger partial charge in [0.1, 0.15) is 5.88 Å². The molecule has 0 aliphatic heterocycles. The number of rotatable bonds is 7. The molecule has 0 atom stereocenters. The Bertz CT molecular complexity index is 564. The van der Waals surface area contributed by atoms with Crippen LogP contribution < -0.4 is 0 Å². The Hall–Kier alpha value is -1.36. The van der Waals surface area contributed by atoms with E-state index in [4.69, 9.17) is 0 Å². The van der Waals surface area contributed by atoms with Gasteiger partial charge in [-0.25, -0.2) is 13.0 Å². The Balaban J connectivity index is 2.56. The van der Waals surface area contributed by atoms with E-state index in [0.29, 0.717) is 0 Å². The van der Waals surface area contributed by atoms with Gasteiger partial charge in [-0.15, -0.1) is 0 Å². The third-order valence-corrected chi connectivity index (χ3v) is 3.91. The highest BCUT2D eigenvalue weighted by Crippen LogP contribution is 2.11. The van der Waals surface area contributed by atoms with E-state index in [-0.39, 0.29) is 26.1 Å². The third kappa shape index (κ3) is 5.87. The van der Waals surface area contributed by atoms with Gasteiger partial charge in [0.05, 0.1) is 11.5 Å². The van der Waals surface area contributed by atoms with E-state index in [2.05, 4.69) is 9.52 Å². The standard InChI is InChI=1S/C12H14NO4PS/c1-11-4-6-12(7-5-11)19(15,16)10-13-8-2-3-9-17-18-14/h2-8H,9-10H2,1H3/b3-2+,13-8+. The average Bonchev–Trinajstić information content (AvgIpc) is 2.38. The van der Waals surface area contributed by atoms with Crippen LogP contribution in [-0.4, -0.2) is 27.1 Å². The Morgan fingerprint density at radius 1 is 1.32 bits per heavy atom. The van der Waals surface area contributed by atoms with Gasteiger partial charge in [0.25, 0.3) is 0 Å². The Morgan fingerprint density at radius 2 is 2.00 bits per heavy atom. The molecule has 0 radical (unpaired) electrons. The summed E-state index contributed by atoms with van der Waals surface area (Å²) in [6.45, 7) is 2.07. The number of allylic oxidation sites excluding steroid dienone is 1. The number of nitrogens with zero attached hydrogens (tertiary/aromatic N) is 1. The van der Waals surface area contributed by atoms with Crippen molar-refractivity contribution >= 4 is 24.7 Å². The molecule has 0 N–H and O–H groups in total. The van der Waals surface area contributed by atoms with E-state index in [1.165, 1.54) is 12.3 Å². The fraction of sp³-hybridized carbons (Fsp3) is 0.250. The highest BCUT2D eigenvalue weighted by molar-refractivity contribution is 7.91. The minimum absolute atomic E-state index is 0.182. The maximum atomic E-state index is 11.9. The molecule has 0 aromatic heterocycles. The van der Waals surface area contributed by atoms with Crippen LogP contribution in [0, 0.1) is 6.92 Å². The van der Waals surface area contributed by atoms with Gasteiger partial charge in [0.2, 0.25) is 0 Å². The fourth-order valence-corrected chi connectivity index (χ4v) is 2.34. The molecule has 0 aliphatic carbocycles. The van der Waals surface area contributed by atoms with Gasteiger partial charge in [-0.2, -0.15) is 0 Å². The van der Waals surface area contributed by atoms with Crippen LogP contribution in [0.4, 0.5) is 0 Å². The van der Waals surface area contributed by atoms with Crippen LogP contribution in [0.5, 0.6) is 0 Å². The zero-order chi connectivity index (χ0) is 14.1. The maximum absolute atomic E-state index is 11.9. The van der Waals surface area contributed by atoms with Gasteiger partial charge >= 0.3 is 8.69 Å². The smallest absolute Gasteiger partial charge is 0.290 e. The minimum atomic E-state index is -3.39. The van der Waals surface area contributed by atoms with Gasteiger partial charge in [-0.3, -0.25) is 9.52 Å². The molecule has 1 aromatic carbocycles. The van der Waals surface area contributed by atoms with E-state index < -0.39 is 9.84 Å². The van der Waals surface area contributed by atoms with Crippen molar-refractivity contribution in [3.8, 4) is 0 Å². The normalized spacial score (nSPS) is 12.7. The zero-order valence-corrected chi connectivity index (χ0v) is 12.1. The lowest BCUT2D eigenvalue weighted by Crippen LogP contribution is -2.04. The van der Waals surface area contributed by atoms with E-state index in [0.717, 1.165) is 5.56 Å². The van der Waals surface area contributed by atoms with Gasteiger partial charge < -0.3 is 0 Å². The van der Waals surface area contributed by atoms with Crippen LogP contribution in [0.1, 0.15) is 5.56 Å². The molecule has 0 spiro atoms. The first kappa shape index (κ1) is 15.7. The summed E-state index contributed by atoms with van der Waals surface area (Å²) in [7, 11) is -3.78. The highest BCUT2D eigenvalue weighted by atomic mass is 32.2. The van der Waals surface area contributed by atoms with Crippen LogP contribution in [0.2, 0.25) is 0 Å². The molecule has 7 heteroatoms. The Kier molecular flexibility index (Phi) is 6.56. The number of aryl methyl sites for hydroxylation is 1. The first-order valence-electron chi connectivity index (χ1n) is 5.45. The average molecular weight is 299 g/mol. The van der Waals surface area contributed by atoms with E-state index in [1.54, 1.807) is 30.3 Å². The topological polar surface area (TPSA) is 72.8 Å². The summed E-state index contributed by atoms with van der Waals surface area (Å²) in [6, 6.07) is 6.63. The molecular weight excluding hydrogens is 285 g/mol. The first-order chi connectivity index (χ1) is 9.06. The van der Waals surface area contributed by atoms with Gasteiger partial charge in [0, 0.05) is 6.21 Å². The van der Waals surface area contributed by atoms with Crippen molar-refractivity contribution in [2.75, 3.05) is 12.5 Å². The molecule has 0 saturated carbocycles. The van der Waals surface area contributed by atoms with Crippen LogP contribution in [-0.2, 0) is 18.9 Å². The van der Waals surface area contributed by atoms with E-state index >= 15 is 0 Å². The number of hydrogen-bond donors (Lipinski definition) is 0. The van der Waals surface area contributed by atoms with Crippen molar-refractivity contribution in [3.63, 3.8) is 0 Å². The molecule has 1 rings (SSSR count). The molecule has 102 valence electrons. The van der Waals surface area contributed by atoms with Crippen molar-refractivity contribution in [1.29, 1.82) is 0 Å². The van der Waals surface area contributed by atoms with E-state index in [9.17, 15) is 13.0 Å². The summed E-state index contributed by atoms with van der Waals surface area (Å²) in [5, 5.41) is 0. The number of aliphatic imine (C=N–C) groups is 1. The van der Waals surface area contributed by atoms with Gasteiger partial charge in [-0.1, -0.05) is 23.8 Å². The highest BCUT2D eigenvalue weighted by Gasteiger charge is 2.12. The summed E-state index contributed by atoms with van der Waals surface area (Å²) in [5.41, 5.74) is 1.00. The van der Waals surface area contributed by atoms with Crippen molar-refractivity contribution in [2.24, 2.45) is 4.99 Å². The van der Waals surface area contributed by atoms with Crippen LogP contribution in [0.25, 0.3) is 0 Å². The molecule has 0 saturated heterocycles. The molecule has 0 aliphatic rings. The van der Waals surface area contributed by atoms with Gasteiger partial charge in [-0.05, 0) is 25.1 Å². The predicted octanol–water partition coefficient (Wildman–Crippen LogP) is 2.58. The third-order valence-electron chi connectivity index (χ3n) is 2.18. The van der Waals surface area contributed by atoms with Crippen LogP contribution in [0.3, 0.4) is 0 Å². The lowest BCUT2D eigenvalue weighted by atomic mass is 10.2. The van der Waals surface area contributed by atoms with Crippen LogP contribution in [0.15, 0.2) is 46.3 Å². The van der Waals surface area contributed by atoms with Crippen molar-refractivity contribution in [1.82, 2.24) is 0 Å². The molecule has 0 bridgehead atoms. The summed E-state index contributed by atoms with van der Waals surface area (Å²) >= 11 is 0. The molecule has 1 aromatic rings. The van der Waals surface area contributed by atoms with Crippen molar-refractivity contribution in [3.05, 3.63) is 42.0 Å². The van der Waals surface area contributed by atoms with Gasteiger partial charge in [0.15, 0.2) is 9.84 Å². The van der Waals surface area contributed by atoms with Crippen molar-refractivity contribution < 1.29 is 17.5 Å². The molecule has 5 nitrogen and oxygen atoms in total. The number of sulfone groups is 1. The summed E-state index contributed by atoms with van der Waals surface area (Å²) in [6.07, 6.45) is 4.49. The second-order valence-electron chi connectivity index (χ2n) is 3.69. The zero-order valence-electron chi connectivity index (χ0n) is 10.4. The van der Waals surface area contributed by atoms with Crippen LogP contribution >= 0.6 is 8.69 Å². The Labute approximate surface area is 114 Å². The minimum Gasteiger partial charge on any atom is -0.290 e. The molecule has 0 amide bonds. The SMILES string of the molecule is Cc1ccc(S(=O)(=O)C/N=C/C=C/COP=O)cc1. The number of benzene rings is 1. The Morgan fingerprint density at radius 3 is 2.63 bits per heavy atom. The molecule has 19 heavy (non-hydrogen) atoms. The second-order valence-corrected chi connectivity index (χ2v) is 6.05. The maximum Gasteiger partial charge on any atom is 0.327 e. The summed E-state index contributed by atoms with van der Waals surface area (Å²) in [5.74, 6) is -0.305. The lowest BCUT2D eigenvalue weighted by Gasteiger charge is -2.01. The number of hydrogen-bond acceptors (Lipinski definition) is 5. The molecule has 0 heterocycles. The predicted molar refractivity (Wildman–Crippen MR) is 74.4 cm³/mol. The summed E-state index contributed by atoms with van der Waals surface area (Å²) in [4.78, 5) is 4.06. The molecular formula is C12H14NO4PS. The molecule has 0 fully saturated rings. The monoisotopic (exact) mass is 299 g/mol. The molecule has 0 unspecified atom stereocenters.